The van der Waals surface area contributed by atoms with Gasteiger partial charge in [0.15, 0.2) is 0 Å². The van der Waals surface area contributed by atoms with E-state index in [1.54, 1.807) is 0 Å². The molecule has 1 unspecified atom stereocenters. The lowest BCUT2D eigenvalue weighted by Crippen LogP contribution is -2.34. The summed E-state index contributed by atoms with van der Waals surface area (Å²) in [5.74, 6) is 4.10. The first-order chi connectivity index (χ1) is 7.83. The van der Waals surface area contributed by atoms with Crippen molar-refractivity contribution < 1.29 is 13.5 Å². The van der Waals surface area contributed by atoms with Gasteiger partial charge in [-0.3, -0.25) is 11.3 Å². The molecule has 5 heteroatoms. The average molecular weight is 244 g/mol. The molecule has 96 valence electrons. The second kappa shape index (κ2) is 5.53. The zero-order chi connectivity index (χ0) is 13.1. The first kappa shape index (κ1) is 14.0. The van der Waals surface area contributed by atoms with Gasteiger partial charge in [0.05, 0.1) is 18.2 Å². The molecule has 3 nitrogen and oxygen atoms in total. The van der Waals surface area contributed by atoms with Crippen LogP contribution in [0.5, 0.6) is 0 Å². The first-order valence-electron chi connectivity index (χ1n) is 5.38. The standard InChI is InChI=1S/C12H18F2N2O/c1-12(2,3)17-7-11(16-15)9-5-4-8(13)6-10(9)14/h4-6,11,16H,7,15H2,1-3H3. The summed E-state index contributed by atoms with van der Waals surface area (Å²) < 4.78 is 31.8. The van der Waals surface area contributed by atoms with Crippen molar-refractivity contribution in [1.82, 2.24) is 5.43 Å². The van der Waals surface area contributed by atoms with Crippen LogP contribution in [0.4, 0.5) is 8.78 Å². The Labute approximate surface area is 99.9 Å². The van der Waals surface area contributed by atoms with Crippen molar-refractivity contribution in [2.75, 3.05) is 6.61 Å². The molecule has 0 heterocycles. The van der Waals surface area contributed by atoms with Crippen LogP contribution in [0.3, 0.4) is 0 Å². The predicted molar refractivity (Wildman–Crippen MR) is 62.1 cm³/mol. The molecule has 0 saturated heterocycles. The van der Waals surface area contributed by atoms with Crippen LogP contribution in [0, 0.1) is 11.6 Å². The monoisotopic (exact) mass is 244 g/mol. The van der Waals surface area contributed by atoms with Gasteiger partial charge in [0.1, 0.15) is 11.6 Å². The molecule has 1 aromatic rings. The number of nitrogens with one attached hydrogen (secondary N) is 1. The summed E-state index contributed by atoms with van der Waals surface area (Å²) in [4.78, 5) is 0. The molecule has 0 aliphatic rings. The van der Waals surface area contributed by atoms with Gasteiger partial charge in [0.2, 0.25) is 0 Å². The third-order valence-electron chi connectivity index (χ3n) is 2.22. The molecule has 0 spiro atoms. The number of halogens is 2. The van der Waals surface area contributed by atoms with Gasteiger partial charge >= 0.3 is 0 Å². The van der Waals surface area contributed by atoms with E-state index in [1.165, 1.54) is 12.1 Å². The van der Waals surface area contributed by atoms with Gasteiger partial charge in [-0.2, -0.15) is 0 Å². The first-order valence-corrected chi connectivity index (χ1v) is 5.38. The van der Waals surface area contributed by atoms with Gasteiger partial charge in [-0.25, -0.2) is 8.78 Å². The van der Waals surface area contributed by atoms with E-state index in [4.69, 9.17) is 10.6 Å². The van der Waals surface area contributed by atoms with Gasteiger partial charge in [0.25, 0.3) is 0 Å². The Morgan fingerprint density at radius 1 is 1.35 bits per heavy atom. The summed E-state index contributed by atoms with van der Waals surface area (Å²) >= 11 is 0. The Morgan fingerprint density at radius 2 is 2.00 bits per heavy atom. The van der Waals surface area contributed by atoms with Gasteiger partial charge in [-0.05, 0) is 26.8 Å². The van der Waals surface area contributed by atoms with E-state index in [9.17, 15) is 8.78 Å². The van der Waals surface area contributed by atoms with Gasteiger partial charge in [0, 0.05) is 11.6 Å². The predicted octanol–water partition coefficient (Wildman–Crippen LogP) is 2.28. The molecule has 1 aromatic carbocycles. The summed E-state index contributed by atoms with van der Waals surface area (Å²) in [5.41, 5.74) is 2.41. The van der Waals surface area contributed by atoms with E-state index in [0.717, 1.165) is 6.07 Å². The molecule has 17 heavy (non-hydrogen) atoms. The number of hydrazine groups is 1. The van der Waals surface area contributed by atoms with Crippen LogP contribution in [-0.2, 0) is 4.74 Å². The summed E-state index contributed by atoms with van der Waals surface area (Å²) in [6, 6.07) is 2.88. The van der Waals surface area contributed by atoms with Crippen LogP contribution in [0.1, 0.15) is 32.4 Å². The molecule has 0 fully saturated rings. The van der Waals surface area contributed by atoms with E-state index in [0.29, 0.717) is 0 Å². The lowest BCUT2D eigenvalue weighted by molar-refractivity contribution is -0.0152. The Kier molecular flexibility index (Phi) is 4.56. The number of rotatable bonds is 4. The average Bonchev–Trinajstić information content (AvgIpc) is 2.19. The maximum Gasteiger partial charge on any atom is 0.131 e. The molecular formula is C12H18F2N2O. The SMILES string of the molecule is CC(C)(C)OCC(NN)c1ccc(F)cc1F. The summed E-state index contributed by atoms with van der Waals surface area (Å²) in [6.45, 7) is 5.88. The summed E-state index contributed by atoms with van der Waals surface area (Å²) in [6.07, 6.45) is 0. The van der Waals surface area contributed by atoms with Crippen molar-refractivity contribution in [2.45, 2.75) is 32.4 Å². The number of nitrogens with two attached hydrogens (primary N) is 1. The van der Waals surface area contributed by atoms with Crippen molar-refractivity contribution in [3.63, 3.8) is 0 Å². The molecule has 0 bridgehead atoms. The molecule has 1 atom stereocenters. The molecular weight excluding hydrogens is 226 g/mol. The highest BCUT2D eigenvalue weighted by Crippen LogP contribution is 2.20. The topological polar surface area (TPSA) is 47.3 Å². The quantitative estimate of drug-likeness (QED) is 0.631. The van der Waals surface area contributed by atoms with Crippen LogP contribution < -0.4 is 11.3 Å². The fourth-order valence-corrected chi connectivity index (χ4v) is 1.35. The molecule has 0 aliphatic heterocycles. The van der Waals surface area contributed by atoms with Crippen LogP contribution in [-0.4, -0.2) is 12.2 Å². The minimum absolute atomic E-state index is 0.211. The van der Waals surface area contributed by atoms with Gasteiger partial charge in [-0.1, -0.05) is 6.07 Å². The molecule has 0 aromatic heterocycles. The molecule has 3 N–H and O–H groups in total. The third-order valence-corrected chi connectivity index (χ3v) is 2.22. The molecule has 1 rings (SSSR count). The van der Waals surface area contributed by atoms with Crippen molar-refractivity contribution in [1.29, 1.82) is 0 Å². The van der Waals surface area contributed by atoms with Crippen molar-refractivity contribution in [2.24, 2.45) is 5.84 Å². The van der Waals surface area contributed by atoms with Crippen molar-refractivity contribution in [3.05, 3.63) is 35.4 Å². The minimum Gasteiger partial charge on any atom is -0.374 e. The normalized spacial score (nSPS) is 13.8. The maximum atomic E-state index is 13.5. The van der Waals surface area contributed by atoms with Crippen LogP contribution in [0.25, 0.3) is 0 Å². The lowest BCUT2D eigenvalue weighted by atomic mass is 10.1. The highest BCUT2D eigenvalue weighted by Gasteiger charge is 2.19. The zero-order valence-electron chi connectivity index (χ0n) is 10.3. The molecule has 0 radical (unpaired) electrons. The highest BCUT2D eigenvalue weighted by atomic mass is 19.1. The zero-order valence-corrected chi connectivity index (χ0v) is 10.3. The number of ether oxygens (including phenoxy) is 1. The minimum atomic E-state index is -0.634. The Bertz CT molecular complexity index is 377. The molecule has 0 aliphatic carbocycles. The molecule has 0 saturated carbocycles. The van der Waals surface area contributed by atoms with Gasteiger partial charge in [-0.15, -0.1) is 0 Å². The second-order valence-corrected chi connectivity index (χ2v) is 4.81. The number of hydrogen-bond acceptors (Lipinski definition) is 3. The van der Waals surface area contributed by atoms with Crippen LogP contribution in [0.2, 0.25) is 0 Å². The number of hydrogen-bond donors (Lipinski definition) is 2. The van der Waals surface area contributed by atoms with E-state index in [2.05, 4.69) is 5.43 Å². The van der Waals surface area contributed by atoms with Gasteiger partial charge < -0.3 is 4.74 Å². The van der Waals surface area contributed by atoms with E-state index in [1.807, 2.05) is 20.8 Å². The largest absolute Gasteiger partial charge is 0.374 e. The third kappa shape index (κ3) is 4.38. The summed E-state index contributed by atoms with van der Waals surface area (Å²) in [5, 5.41) is 0. The van der Waals surface area contributed by atoms with E-state index >= 15 is 0 Å². The fraction of sp³-hybridized carbons (Fsp3) is 0.500. The Balaban J connectivity index is 2.79. The van der Waals surface area contributed by atoms with Crippen LogP contribution in [0.15, 0.2) is 18.2 Å². The number of benzene rings is 1. The van der Waals surface area contributed by atoms with E-state index in [-0.39, 0.29) is 17.8 Å². The summed E-state index contributed by atoms with van der Waals surface area (Å²) in [7, 11) is 0. The lowest BCUT2D eigenvalue weighted by Gasteiger charge is -2.24. The smallest absolute Gasteiger partial charge is 0.131 e. The maximum absolute atomic E-state index is 13.5. The van der Waals surface area contributed by atoms with Crippen molar-refractivity contribution in [3.8, 4) is 0 Å². The van der Waals surface area contributed by atoms with Crippen molar-refractivity contribution >= 4 is 0 Å². The fourth-order valence-electron chi connectivity index (χ4n) is 1.35. The molecule has 0 amide bonds. The Hall–Kier alpha value is -1.04. The highest BCUT2D eigenvalue weighted by molar-refractivity contribution is 5.22. The van der Waals surface area contributed by atoms with E-state index < -0.39 is 17.7 Å². The Morgan fingerprint density at radius 3 is 2.47 bits per heavy atom. The van der Waals surface area contributed by atoms with Crippen LogP contribution >= 0.6 is 0 Å². The second-order valence-electron chi connectivity index (χ2n) is 4.81.